The number of hydrogen-bond acceptors (Lipinski definition) is 4. The molecule has 0 saturated carbocycles. The smallest absolute Gasteiger partial charge is 0.264 e. The van der Waals surface area contributed by atoms with Gasteiger partial charge in [0.1, 0.15) is 12.6 Å². The maximum Gasteiger partial charge on any atom is 0.264 e. The molecule has 7 nitrogen and oxygen atoms in total. The minimum Gasteiger partial charge on any atom is -0.352 e. The van der Waals surface area contributed by atoms with E-state index in [1.54, 1.807) is 48.5 Å². The highest BCUT2D eigenvalue weighted by molar-refractivity contribution is 7.92. The molecule has 9 heteroatoms. The Morgan fingerprint density at radius 3 is 2.15 bits per heavy atom. The van der Waals surface area contributed by atoms with Crippen molar-refractivity contribution in [1.29, 1.82) is 0 Å². The summed E-state index contributed by atoms with van der Waals surface area (Å²) in [5, 5.41) is 3.35. The average Bonchev–Trinajstić information content (AvgIpc) is 2.89. The summed E-state index contributed by atoms with van der Waals surface area (Å²) in [6, 6.07) is 18.2. The van der Waals surface area contributed by atoms with Crippen LogP contribution in [-0.4, -0.2) is 43.8 Å². The fourth-order valence-electron chi connectivity index (χ4n) is 4.45. The SMILES string of the molecule is CC[C@H](C(=O)NC(C)C)N(Cc1ccccc1Cl)C(=O)CN(c1cc(C)ccc1C)S(=O)(=O)c1ccc(C)cc1. The highest BCUT2D eigenvalue weighted by Crippen LogP contribution is 2.29. The Labute approximate surface area is 243 Å². The van der Waals surface area contributed by atoms with E-state index in [2.05, 4.69) is 5.32 Å². The van der Waals surface area contributed by atoms with Crippen LogP contribution in [0.25, 0.3) is 0 Å². The lowest BCUT2D eigenvalue weighted by Crippen LogP contribution is -2.53. The van der Waals surface area contributed by atoms with Gasteiger partial charge in [-0.2, -0.15) is 0 Å². The van der Waals surface area contributed by atoms with E-state index in [0.29, 0.717) is 28.3 Å². The summed E-state index contributed by atoms with van der Waals surface area (Å²) in [7, 11) is -4.13. The molecule has 0 bridgehead atoms. The van der Waals surface area contributed by atoms with Gasteiger partial charge in [0, 0.05) is 17.6 Å². The first-order valence-corrected chi connectivity index (χ1v) is 15.2. The van der Waals surface area contributed by atoms with E-state index < -0.39 is 28.5 Å². The lowest BCUT2D eigenvalue weighted by atomic mass is 10.1. The molecular weight excluding hydrogens is 546 g/mol. The summed E-state index contributed by atoms with van der Waals surface area (Å²) < 4.78 is 29.3. The van der Waals surface area contributed by atoms with Crippen LogP contribution in [0, 0.1) is 20.8 Å². The Kier molecular flexibility index (Phi) is 10.4. The summed E-state index contributed by atoms with van der Waals surface area (Å²) >= 11 is 6.45. The molecule has 0 spiro atoms. The lowest BCUT2D eigenvalue weighted by Gasteiger charge is -2.34. The zero-order valence-electron chi connectivity index (χ0n) is 23.9. The largest absolute Gasteiger partial charge is 0.352 e. The normalized spacial score (nSPS) is 12.2. The molecule has 214 valence electrons. The maximum absolute atomic E-state index is 14.2. The third-order valence-corrected chi connectivity index (χ3v) is 8.78. The van der Waals surface area contributed by atoms with Crippen LogP contribution in [0.5, 0.6) is 0 Å². The van der Waals surface area contributed by atoms with Crippen LogP contribution < -0.4 is 9.62 Å². The Bertz CT molecular complexity index is 1460. The summed E-state index contributed by atoms with van der Waals surface area (Å²) in [6.45, 7) is 10.6. The highest BCUT2D eigenvalue weighted by Gasteiger charge is 2.34. The molecule has 0 fully saturated rings. The number of carbonyl (C=O) groups excluding carboxylic acids is 2. The zero-order chi connectivity index (χ0) is 29.6. The van der Waals surface area contributed by atoms with Crippen molar-refractivity contribution in [1.82, 2.24) is 10.2 Å². The van der Waals surface area contributed by atoms with Gasteiger partial charge in [-0.3, -0.25) is 13.9 Å². The van der Waals surface area contributed by atoms with Crippen molar-refractivity contribution in [3.05, 3.63) is 94.0 Å². The van der Waals surface area contributed by atoms with Gasteiger partial charge in [-0.1, -0.05) is 66.6 Å². The van der Waals surface area contributed by atoms with E-state index in [-0.39, 0.29) is 23.4 Å². The Morgan fingerprint density at radius 2 is 1.55 bits per heavy atom. The van der Waals surface area contributed by atoms with Gasteiger partial charge in [-0.05, 0) is 82.0 Å². The van der Waals surface area contributed by atoms with Crippen LogP contribution in [0.3, 0.4) is 0 Å². The van der Waals surface area contributed by atoms with Crippen molar-refractivity contribution >= 4 is 39.1 Å². The van der Waals surface area contributed by atoms with E-state index in [4.69, 9.17) is 11.6 Å². The minimum atomic E-state index is -4.13. The molecular formula is C31H38ClN3O4S. The molecule has 1 atom stereocenters. The van der Waals surface area contributed by atoms with Gasteiger partial charge in [-0.15, -0.1) is 0 Å². The molecule has 3 rings (SSSR count). The first kappa shape index (κ1) is 31.2. The van der Waals surface area contributed by atoms with Crippen molar-refractivity contribution in [3.8, 4) is 0 Å². The molecule has 0 heterocycles. The summed E-state index contributed by atoms with van der Waals surface area (Å²) in [5.74, 6) is -0.820. The van der Waals surface area contributed by atoms with Crippen molar-refractivity contribution < 1.29 is 18.0 Å². The number of sulfonamides is 1. The van der Waals surface area contributed by atoms with Crippen molar-refractivity contribution in [2.24, 2.45) is 0 Å². The predicted molar refractivity (Wildman–Crippen MR) is 161 cm³/mol. The van der Waals surface area contributed by atoms with Crippen molar-refractivity contribution in [2.45, 2.75) is 71.5 Å². The number of benzene rings is 3. The van der Waals surface area contributed by atoms with Gasteiger partial charge >= 0.3 is 0 Å². The number of nitrogens with one attached hydrogen (secondary N) is 1. The molecule has 0 saturated heterocycles. The topological polar surface area (TPSA) is 86.8 Å². The predicted octanol–water partition coefficient (Wildman–Crippen LogP) is 5.79. The van der Waals surface area contributed by atoms with Gasteiger partial charge in [0.15, 0.2) is 0 Å². The summed E-state index contributed by atoms with van der Waals surface area (Å²) in [5.41, 5.74) is 3.55. The average molecular weight is 584 g/mol. The fraction of sp³-hybridized carbons (Fsp3) is 0.355. The van der Waals surface area contributed by atoms with Crippen LogP contribution in [0.1, 0.15) is 49.4 Å². The van der Waals surface area contributed by atoms with Crippen LogP contribution >= 0.6 is 11.6 Å². The first-order valence-electron chi connectivity index (χ1n) is 13.3. The van der Waals surface area contributed by atoms with Crippen LogP contribution in [0.4, 0.5) is 5.69 Å². The van der Waals surface area contributed by atoms with Crippen LogP contribution in [0.2, 0.25) is 5.02 Å². The van der Waals surface area contributed by atoms with Gasteiger partial charge in [0.25, 0.3) is 10.0 Å². The molecule has 0 unspecified atom stereocenters. The molecule has 1 N–H and O–H groups in total. The van der Waals surface area contributed by atoms with E-state index >= 15 is 0 Å². The van der Waals surface area contributed by atoms with E-state index in [9.17, 15) is 18.0 Å². The standard InChI is InChI=1S/C31H38ClN3O4S/c1-7-28(31(37)33-21(2)3)34(19-25-10-8-9-11-27(25)32)30(36)20-35(29-18-23(5)12-15-24(29)6)40(38,39)26-16-13-22(4)14-17-26/h8-18,21,28H,7,19-20H2,1-6H3,(H,33,37)/t28-/m1/s1. The summed E-state index contributed by atoms with van der Waals surface area (Å²) in [4.78, 5) is 28.9. The first-order chi connectivity index (χ1) is 18.8. The minimum absolute atomic E-state index is 0.0494. The second kappa shape index (κ2) is 13.3. The molecule has 0 aromatic heterocycles. The molecule has 2 amide bonds. The van der Waals surface area contributed by atoms with E-state index in [1.807, 2.05) is 59.7 Å². The molecule has 0 aliphatic carbocycles. The number of nitrogens with zero attached hydrogens (tertiary/aromatic N) is 2. The number of amides is 2. The van der Waals surface area contributed by atoms with Crippen LogP contribution in [-0.2, 0) is 26.2 Å². The number of aryl methyl sites for hydroxylation is 3. The molecule has 0 radical (unpaired) electrons. The second-order valence-corrected chi connectivity index (χ2v) is 12.6. The van der Waals surface area contributed by atoms with Gasteiger partial charge < -0.3 is 10.2 Å². The van der Waals surface area contributed by atoms with Crippen molar-refractivity contribution in [2.75, 3.05) is 10.8 Å². The van der Waals surface area contributed by atoms with Crippen LogP contribution in [0.15, 0.2) is 71.6 Å². The molecule has 3 aromatic carbocycles. The molecule has 3 aromatic rings. The number of halogens is 1. The Hall–Kier alpha value is -3.36. The number of carbonyl (C=O) groups is 2. The molecule has 0 aliphatic rings. The second-order valence-electron chi connectivity index (χ2n) is 10.3. The third-order valence-electron chi connectivity index (χ3n) is 6.64. The van der Waals surface area contributed by atoms with E-state index in [0.717, 1.165) is 15.4 Å². The zero-order valence-corrected chi connectivity index (χ0v) is 25.5. The molecule has 0 aliphatic heterocycles. The Balaban J connectivity index is 2.12. The monoisotopic (exact) mass is 583 g/mol. The number of hydrogen-bond donors (Lipinski definition) is 1. The van der Waals surface area contributed by atoms with Gasteiger partial charge in [0.2, 0.25) is 11.8 Å². The van der Waals surface area contributed by atoms with Gasteiger partial charge in [-0.25, -0.2) is 8.42 Å². The summed E-state index contributed by atoms with van der Waals surface area (Å²) in [6.07, 6.45) is 0.336. The lowest BCUT2D eigenvalue weighted by molar-refractivity contribution is -0.140. The Morgan fingerprint density at radius 1 is 0.925 bits per heavy atom. The maximum atomic E-state index is 14.2. The van der Waals surface area contributed by atoms with Crippen molar-refractivity contribution in [3.63, 3.8) is 0 Å². The third kappa shape index (κ3) is 7.43. The highest BCUT2D eigenvalue weighted by atomic mass is 35.5. The number of rotatable bonds is 11. The fourth-order valence-corrected chi connectivity index (χ4v) is 6.12. The number of anilines is 1. The van der Waals surface area contributed by atoms with Gasteiger partial charge in [0.05, 0.1) is 10.6 Å². The van der Waals surface area contributed by atoms with E-state index in [1.165, 1.54) is 4.90 Å². The quantitative estimate of drug-likeness (QED) is 0.309. The molecule has 40 heavy (non-hydrogen) atoms.